The summed E-state index contributed by atoms with van der Waals surface area (Å²) in [7, 11) is -3.91. The molecular formula is C27H30ClN7O2S. The second kappa shape index (κ2) is 10.8. The molecule has 1 saturated carbocycles. The van der Waals surface area contributed by atoms with Gasteiger partial charge in [0.25, 0.3) is 10.0 Å². The van der Waals surface area contributed by atoms with Crippen molar-refractivity contribution in [3.63, 3.8) is 0 Å². The van der Waals surface area contributed by atoms with Crippen LogP contribution in [0.1, 0.15) is 43.9 Å². The van der Waals surface area contributed by atoms with Crippen LogP contribution in [-0.2, 0) is 16.4 Å². The molecule has 0 atom stereocenters. The zero-order chi connectivity index (χ0) is 26.9. The van der Waals surface area contributed by atoms with Crippen molar-refractivity contribution in [2.45, 2.75) is 62.9 Å². The van der Waals surface area contributed by atoms with E-state index in [4.69, 9.17) is 22.3 Å². The lowest BCUT2D eigenvalue weighted by molar-refractivity contribution is 0.410. The average molecular weight is 552 g/mol. The molecule has 0 bridgehead atoms. The maximum absolute atomic E-state index is 12.8. The van der Waals surface area contributed by atoms with E-state index in [0.29, 0.717) is 29.4 Å². The molecule has 2 aromatic carbocycles. The minimum atomic E-state index is -3.91. The Labute approximate surface area is 227 Å². The van der Waals surface area contributed by atoms with Gasteiger partial charge in [-0.3, -0.25) is 9.71 Å². The minimum absolute atomic E-state index is 0.0202. The molecule has 5 rings (SSSR count). The van der Waals surface area contributed by atoms with Crippen molar-refractivity contribution >= 4 is 44.3 Å². The number of hydrogen-bond donors (Lipinski definition) is 3. The van der Waals surface area contributed by atoms with Gasteiger partial charge in [-0.2, -0.15) is 0 Å². The maximum Gasteiger partial charge on any atom is 0.264 e. The fourth-order valence-corrected chi connectivity index (χ4v) is 6.32. The zero-order valence-electron chi connectivity index (χ0n) is 21.3. The molecule has 0 unspecified atom stereocenters. The third kappa shape index (κ3) is 5.57. The van der Waals surface area contributed by atoms with Crippen molar-refractivity contribution in [3.05, 3.63) is 65.1 Å². The van der Waals surface area contributed by atoms with Crippen molar-refractivity contribution < 1.29 is 8.42 Å². The molecule has 1 aliphatic carbocycles. The van der Waals surface area contributed by atoms with Crippen molar-refractivity contribution in [1.82, 2.24) is 19.9 Å². The van der Waals surface area contributed by atoms with Crippen LogP contribution < -0.4 is 15.8 Å². The number of nitrogens with one attached hydrogen (secondary N) is 2. The van der Waals surface area contributed by atoms with Gasteiger partial charge in [-0.05, 0) is 68.9 Å². The molecule has 0 amide bonds. The SMILES string of the molecule is CCc1cc(-c2ncc(NS(=O)(=O)c3ccccc3Cl)nc2C)cc2cnc(NC3CCC(N)CC3)nc12. The van der Waals surface area contributed by atoms with E-state index >= 15 is 0 Å². The minimum Gasteiger partial charge on any atom is -0.351 e. The van der Waals surface area contributed by atoms with E-state index in [1.807, 2.05) is 12.3 Å². The van der Waals surface area contributed by atoms with Crippen LogP contribution in [0.4, 0.5) is 11.8 Å². The summed E-state index contributed by atoms with van der Waals surface area (Å²) in [6, 6.07) is 10.9. The Bertz CT molecular complexity index is 1590. The number of halogens is 1. The first kappa shape index (κ1) is 26.3. The quantitative estimate of drug-likeness (QED) is 0.289. The largest absolute Gasteiger partial charge is 0.351 e. The lowest BCUT2D eigenvalue weighted by Gasteiger charge is -2.26. The third-order valence-electron chi connectivity index (χ3n) is 6.83. The predicted molar refractivity (Wildman–Crippen MR) is 151 cm³/mol. The number of aryl methyl sites for hydroxylation is 2. The molecular weight excluding hydrogens is 522 g/mol. The number of anilines is 2. The van der Waals surface area contributed by atoms with Crippen molar-refractivity contribution in [1.29, 1.82) is 0 Å². The van der Waals surface area contributed by atoms with E-state index in [1.165, 1.54) is 18.3 Å². The highest BCUT2D eigenvalue weighted by molar-refractivity contribution is 7.92. The third-order valence-corrected chi connectivity index (χ3v) is 8.69. The van der Waals surface area contributed by atoms with Crippen LogP contribution in [0.15, 0.2) is 53.7 Å². The Morgan fingerprint density at radius 3 is 2.53 bits per heavy atom. The van der Waals surface area contributed by atoms with Gasteiger partial charge in [-0.1, -0.05) is 30.7 Å². The van der Waals surface area contributed by atoms with Gasteiger partial charge in [0.2, 0.25) is 5.95 Å². The van der Waals surface area contributed by atoms with Crippen LogP contribution in [-0.4, -0.2) is 40.4 Å². The van der Waals surface area contributed by atoms with Gasteiger partial charge in [-0.25, -0.2) is 23.4 Å². The molecule has 11 heteroatoms. The second-order valence-corrected chi connectivity index (χ2v) is 11.7. The number of nitrogens with two attached hydrogens (primary N) is 1. The number of sulfonamides is 1. The summed E-state index contributed by atoms with van der Waals surface area (Å²) < 4.78 is 28.1. The lowest BCUT2D eigenvalue weighted by Crippen LogP contribution is -2.33. The normalized spacial score (nSPS) is 17.9. The number of rotatable bonds is 7. The van der Waals surface area contributed by atoms with Gasteiger partial charge in [0.15, 0.2) is 5.82 Å². The van der Waals surface area contributed by atoms with Crippen LogP contribution in [0.5, 0.6) is 0 Å². The first-order valence-corrected chi connectivity index (χ1v) is 14.5. The van der Waals surface area contributed by atoms with E-state index in [0.717, 1.165) is 54.1 Å². The molecule has 4 N–H and O–H groups in total. The first-order valence-electron chi connectivity index (χ1n) is 12.7. The average Bonchev–Trinajstić information content (AvgIpc) is 2.89. The summed E-state index contributed by atoms with van der Waals surface area (Å²) in [6.07, 6.45) is 8.07. The van der Waals surface area contributed by atoms with Crippen molar-refractivity contribution in [2.24, 2.45) is 5.73 Å². The molecule has 1 fully saturated rings. The summed E-state index contributed by atoms with van der Waals surface area (Å²) >= 11 is 6.08. The van der Waals surface area contributed by atoms with E-state index < -0.39 is 10.0 Å². The van der Waals surface area contributed by atoms with Gasteiger partial charge in [0.1, 0.15) is 4.90 Å². The standard InChI is InChI=1S/C27H30ClN7O2S/c1-3-17-12-18(13-19-14-31-27(34-26(17)19)33-21-10-8-20(29)9-11-21)25-16(2)32-24(15-30-25)35-38(36,37)23-7-5-4-6-22(23)28/h4-7,12-15,20-21H,3,8-11,29H2,1-2H3,(H,32,35)(H,31,33,34). The van der Waals surface area contributed by atoms with Crippen LogP contribution in [0.2, 0.25) is 5.02 Å². The van der Waals surface area contributed by atoms with Crippen LogP contribution in [0, 0.1) is 6.92 Å². The maximum atomic E-state index is 12.8. The van der Waals surface area contributed by atoms with E-state index in [1.54, 1.807) is 19.1 Å². The highest BCUT2D eigenvalue weighted by atomic mass is 35.5. The second-order valence-electron chi connectivity index (χ2n) is 9.60. The monoisotopic (exact) mass is 551 g/mol. The Kier molecular flexibility index (Phi) is 7.47. The van der Waals surface area contributed by atoms with Crippen LogP contribution in [0.25, 0.3) is 22.2 Å². The lowest BCUT2D eigenvalue weighted by atomic mass is 9.92. The number of nitrogens with zero attached hydrogens (tertiary/aromatic N) is 4. The number of hydrogen-bond acceptors (Lipinski definition) is 8. The molecule has 38 heavy (non-hydrogen) atoms. The molecule has 4 aromatic rings. The van der Waals surface area contributed by atoms with E-state index in [2.05, 4.69) is 38.0 Å². The van der Waals surface area contributed by atoms with E-state index in [-0.39, 0.29) is 15.7 Å². The van der Waals surface area contributed by atoms with Gasteiger partial charge in [-0.15, -0.1) is 0 Å². The predicted octanol–water partition coefficient (Wildman–Crippen LogP) is 5.09. The Morgan fingerprint density at radius 1 is 1.05 bits per heavy atom. The molecule has 0 saturated heterocycles. The summed E-state index contributed by atoms with van der Waals surface area (Å²) in [5.74, 6) is 0.747. The molecule has 0 radical (unpaired) electrons. The molecule has 198 valence electrons. The molecule has 0 aliphatic heterocycles. The highest BCUT2D eigenvalue weighted by Crippen LogP contribution is 2.30. The van der Waals surface area contributed by atoms with Gasteiger partial charge in [0.05, 0.1) is 28.1 Å². The molecule has 9 nitrogen and oxygen atoms in total. The number of fused-ring (bicyclic) bond motifs is 1. The van der Waals surface area contributed by atoms with E-state index in [9.17, 15) is 8.42 Å². The van der Waals surface area contributed by atoms with Crippen LogP contribution >= 0.6 is 11.6 Å². The molecule has 2 heterocycles. The van der Waals surface area contributed by atoms with Gasteiger partial charge < -0.3 is 11.1 Å². The Hall–Kier alpha value is -3.34. The smallest absolute Gasteiger partial charge is 0.264 e. The first-order chi connectivity index (χ1) is 18.2. The van der Waals surface area contributed by atoms with Gasteiger partial charge in [0, 0.05) is 29.2 Å². The molecule has 1 aliphatic rings. The van der Waals surface area contributed by atoms with Gasteiger partial charge >= 0.3 is 0 Å². The van der Waals surface area contributed by atoms with Crippen molar-refractivity contribution in [3.8, 4) is 11.3 Å². The summed E-state index contributed by atoms with van der Waals surface area (Å²) in [5.41, 5.74) is 10.1. The van der Waals surface area contributed by atoms with Crippen molar-refractivity contribution in [2.75, 3.05) is 10.0 Å². The van der Waals surface area contributed by atoms with Crippen LogP contribution in [0.3, 0.4) is 0 Å². The number of benzene rings is 2. The number of aromatic nitrogens is 4. The molecule has 2 aromatic heterocycles. The summed E-state index contributed by atoms with van der Waals surface area (Å²) in [4.78, 5) is 18.4. The fraction of sp³-hybridized carbons (Fsp3) is 0.333. The Balaban J connectivity index is 1.41. The fourth-order valence-electron chi connectivity index (χ4n) is 4.81. The summed E-state index contributed by atoms with van der Waals surface area (Å²) in [6.45, 7) is 3.88. The summed E-state index contributed by atoms with van der Waals surface area (Å²) in [5, 5.41) is 4.51. The zero-order valence-corrected chi connectivity index (χ0v) is 22.9. The molecule has 0 spiro atoms. The Morgan fingerprint density at radius 2 is 1.82 bits per heavy atom. The topological polar surface area (TPSA) is 136 Å². The highest BCUT2D eigenvalue weighted by Gasteiger charge is 2.21.